The fourth-order valence-corrected chi connectivity index (χ4v) is 5.99. The highest BCUT2D eigenvalue weighted by atomic mass is 79.9. The van der Waals surface area contributed by atoms with Gasteiger partial charge in [0.1, 0.15) is 24.7 Å². The number of ether oxygens (including phenoxy) is 1. The predicted octanol–water partition coefficient (Wildman–Crippen LogP) is 5.98. The zero-order valence-corrected chi connectivity index (χ0v) is 22.0. The van der Waals surface area contributed by atoms with Crippen molar-refractivity contribution in [3.05, 3.63) is 67.2 Å². The Morgan fingerprint density at radius 1 is 1.06 bits per heavy atom. The number of likely N-dealkylation sites (tertiary alicyclic amines) is 1. The molecule has 0 bridgehead atoms. The molecule has 2 aliphatic heterocycles. The summed E-state index contributed by atoms with van der Waals surface area (Å²) in [5.41, 5.74) is 1.50. The van der Waals surface area contributed by atoms with E-state index in [-0.39, 0.29) is 29.8 Å². The van der Waals surface area contributed by atoms with Crippen LogP contribution in [0.5, 0.6) is 5.75 Å². The zero-order valence-electron chi connectivity index (χ0n) is 18.1. The molecule has 4 rings (SSSR count). The molecule has 2 heterocycles. The van der Waals surface area contributed by atoms with Crippen molar-refractivity contribution in [3.63, 3.8) is 0 Å². The highest BCUT2D eigenvalue weighted by molar-refractivity contribution is 9.11. The lowest BCUT2D eigenvalue weighted by Gasteiger charge is -2.27. The van der Waals surface area contributed by atoms with E-state index < -0.39 is 11.1 Å². The van der Waals surface area contributed by atoms with Gasteiger partial charge < -0.3 is 9.64 Å². The van der Waals surface area contributed by atoms with Gasteiger partial charge in [0.2, 0.25) is 5.91 Å². The molecule has 3 amide bonds. The Kier molecular flexibility index (Phi) is 8.10. The van der Waals surface area contributed by atoms with Crippen molar-refractivity contribution in [2.45, 2.75) is 25.9 Å². The minimum Gasteiger partial charge on any atom is -0.487 e. The predicted molar refractivity (Wildman–Crippen MR) is 136 cm³/mol. The summed E-state index contributed by atoms with van der Waals surface area (Å²) in [4.78, 5) is 40.8. The summed E-state index contributed by atoms with van der Waals surface area (Å²) >= 11 is 7.79. The summed E-state index contributed by atoms with van der Waals surface area (Å²) in [7, 11) is 0. The van der Waals surface area contributed by atoms with Crippen molar-refractivity contribution in [1.29, 1.82) is 0 Å². The quantitative estimate of drug-likeness (QED) is 0.376. The van der Waals surface area contributed by atoms with E-state index in [2.05, 4.69) is 31.9 Å². The molecule has 0 atom stereocenters. The van der Waals surface area contributed by atoms with E-state index in [9.17, 15) is 18.8 Å². The van der Waals surface area contributed by atoms with Crippen molar-refractivity contribution < 1.29 is 23.5 Å². The van der Waals surface area contributed by atoms with Gasteiger partial charge in [-0.05, 0) is 104 Å². The first-order valence-corrected chi connectivity index (χ1v) is 13.1. The van der Waals surface area contributed by atoms with Crippen molar-refractivity contribution >= 4 is 66.8 Å². The highest BCUT2D eigenvalue weighted by Crippen LogP contribution is 2.38. The van der Waals surface area contributed by atoms with E-state index >= 15 is 0 Å². The van der Waals surface area contributed by atoms with Gasteiger partial charge in [0, 0.05) is 13.1 Å². The summed E-state index contributed by atoms with van der Waals surface area (Å²) in [6.45, 7) is 1.36. The molecule has 178 valence electrons. The van der Waals surface area contributed by atoms with Crippen LogP contribution in [0.25, 0.3) is 6.08 Å². The molecule has 6 nitrogen and oxygen atoms in total. The van der Waals surface area contributed by atoms with Crippen molar-refractivity contribution in [1.82, 2.24) is 9.80 Å². The molecule has 0 N–H and O–H groups in total. The van der Waals surface area contributed by atoms with E-state index in [1.807, 2.05) is 0 Å². The molecule has 0 spiro atoms. The van der Waals surface area contributed by atoms with Gasteiger partial charge in [-0.1, -0.05) is 12.1 Å². The SMILES string of the molecule is O=C(CN1C(=O)S/C(=C/c2cc(Br)c(OCc3ccc(F)cc3)c(Br)c2)C1=O)N1CCCCC1. The van der Waals surface area contributed by atoms with Gasteiger partial charge in [-0.25, -0.2) is 4.39 Å². The van der Waals surface area contributed by atoms with E-state index in [1.54, 1.807) is 35.2 Å². The lowest BCUT2D eigenvalue weighted by Crippen LogP contribution is -2.44. The number of benzene rings is 2. The molecule has 10 heteroatoms. The number of rotatable bonds is 6. The molecule has 2 aliphatic rings. The van der Waals surface area contributed by atoms with E-state index in [1.165, 1.54) is 12.1 Å². The third-order valence-corrected chi connectivity index (χ3v) is 7.58. The molecule has 2 aromatic rings. The minimum atomic E-state index is -0.468. The highest BCUT2D eigenvalue weighted by Gasteiger charge is 2.37. The molecular formula is C24H21Br2FN2O4S. The molecule has 34 heavy (non-hydrogen) atoms. The van der Waals surface area contributed by atoms with Gasteiger partial charge in [-0.2, -0.15) is 0 Å². The fourth-order valence-electron chi connectivity index (χ4n) is 3.70. The second kappa shape index (κ2) is 11.0. The van der Waals surface area contributed by atoms with Crippen LogP contribution in [0.2, 0.25) is 0 Å². The Balaban J connectivity index is 1.44. The number of amides is 3. The van der Waals surface area contributed by atoms with E-state index in [0.717, 1.165) is 41.5 Å². The van der Waals surface area contributed by atoms with Crippen LogP contribution in [0.3, 0.4) is 0 Å². The largest absolute Gasteiger partial charge is 0.487 e. The number of carbonyl (C=O) groups excluding carboxylic acids is 3. The summed E-state index contributed by atoms with van der Waals surface area (Å²) in [5.74, 6) is -0.418. The van der Waals surface area contributed by atoms with Gasteiger partial charge in [0.25, 0.3) is 11.1 Å². The van der Waals surface area contributed by atoms with Crippen LogP contribution in [0.1, 0.15) is 30.4 Å². The maximum absolute atomic E-state index is 13.1. The number of imide groups is 1. The summed E-state index contributed by atoms with van der Waals surface area (Å²) in [6, 6.07) is 9.60. The molecule has 0 saturated carbocycles. The second-order valence-electron chi connectivity index (χ2n) is 7.94. The normalized spacial score (nSPS) is 17.6. The average molecular weight is 612 g/mol. The Morgan fingerprint density at radius 2 is 1.71 bits per heavy atom. The van der Waals surface area contributed by atoms with Crippen molar-refractivity contribution in [3.8, 4) is 5.75 Å². The Hall–Kier alpha value is -2.17. The molecule has 0 aromatic heterocycles. The average Bonchev–Trinajstić information content (AvgIpc) is 3.07. The van der Waals surface area contributed by atoms with Crippen LogP contribution in [0.4, 0.5) is 9.18 Å². The van der Waals surface area contributed by atoms with Crippen molar-refractivity contribution in [2.24, 2.45) is 0 Å². The van der Waals surface area contributed by atoms with Crippen LogP contribution < -0.4 is 4.74 Å². The maximum Gasteiger partial charge on any atom is 0.294 e. The molecule has 2 aromatic carbocycles. The summed E-state index contributed by atoms with van der Waals surface area (Å²) in [5, 5.41) is -0.445. The van der Waals surface area contributed by atoms with Crippen LogP contribution in [-0.2, 0) is 16.2 Å². The number of carbonyl (C=O) groups is 3. The summed E-state index contributed by atoms with van der Waals surface area (Å²) in [6.07, 6.45) is 4.60. The minimum absolute atomic E-state index is 0.198. The monoisotopic (exact) mass is 610 g/mol. The maximum atomic E-state index is 13.1. The Bertz CT molecular complexity index is 1130. The van der Waals surface area contributed by atoms with Gasteiger partial charge in [-0.3, -0.25) is 19.3 Å². The number of piperidine rings is 1. The molecule has 2 saturated heterocycles. The molecule has 0 unspecified atom stereocenters. The van der Waals surface area contributed by atoms with Crippen LogP contribution in [0, 0.1) is 5.82 Å². The van der Waals surface area contributed by atoms with Crippen LogP contribution in [-0.4, -0.2) is 46.5 Å². The smallest absolute Gasteiger partial charge is 0.294 e. The van der Waals surface area contributed by atoms with Crippen LogP contribution >= 0.6 is 43.6 Å². The van der Waals surface area contributed by atoms with Crippen molar-refractivity contribution in [2.75, 3.05) is 19.6 Å². The van der Waals surface area contributed by atoms with Gasteiger partial charge >= 0.3 is 0 Å². The van der Waals surface area contributed by atoms with Gasteiger partial charge in [0.15, 0.2) is 0 Å². The first-order chi connectivity index (χ1) is 16.3. The third-order valence-electron chi connectivity index (χ3n) is 5.49. The number of thioether (sulfide) groups is 1. The molecular weight excluding hydrogens is 591 g/mol. The van der Waals surface area contributed by atoms with Gasteiger partial charge in [-0.15, -0.1) is 0 Å². The van der Waals surface area contributed by atoms with Gasteiger partial charge in [0.05, 0.1) is 13.9 Å². The van der Waals surface area contributed by atoms with E-state index in [4.69, 9.17) is 4.74 Å². The number of halogens is 3. The first kappa shape index (κ1) is 24.9. The number of nitrogens with zero attached hydrogens (tertiary/aromatic N) is 2. The number of hydrogen-bond acceptors (Lipinski definition) is 5. The molecule has 2 fully saturated rings. The second-order valence-corrected chi connectivity index (χ2v) is 10.6. The topological polar surface area (TPSA) is 66.9 Å². The lowest BCUT2D eigenvalue weighted by atomic mass is 10.1. The number of hydrogen-bond donors (Lipinski definition) is 0. The Morgan fingerprint density at radius 3 is 2.35 bits per heavy atom. The standard InChI is InChI=1S/C24H21Br2FN2O4S/c25-18-10-16(11-19(26)22(18)33-14-15-4-6-17(27)7-5-15)12-20-23(31)29(24(32)34-20)13-21(30)28-8-2-1-3-9-28/h4-7,10-12H,1-3,8-9,13-14H2/b20-12+. The molecule has 0 radical (unpaired) electrons. The third kappa shape index (κ3) is 5.90. The zero-order chi connectivity index (χ0) is 24.2. The first-order valence-electron chi connectivity index (χ1n) is 10.7. The van der Waals surface area contributed by atoms with Crippen LogP contribution in [0.15, 0.2) is 50.2 Å². The Labute approximate surface area is 217 Å². The summed E-state index contributed by atoms with van der Waals surface area (Å²) < 4.78 is 20.2. The van der Waals surface area contributed by atoms with E-state index in [0.29, 0.717) is 33.3 Å². The lowest BCUT2D eigenvalue weighted by molar-refractivity contribution is -0.136. The fraction of sp³-hybridized carbons (Fsp3) is 0.292. The molecule has 0 aliphatic carbocycles.